The SMILES string of the molecule is Cc1cc(Nc2cc3ccccc3c(Oc3ccc(C#N)cc3)n2)n[nH]1. The van der Waals surface area contributed by atoms with E-state index >= 15 is 0 Å². The molecule has 0 unspecified atom stereocenters. The molecule has 4 aromatic rings. The third kappa shape index (κ3) is 3.19. The van der Waals surface area contributed by atoms with Crippen LogP contribution in [-0.4, -0.2) is 15.2 Å². The number of hydrogen-bond donors (Lipinski definition) is 2. The number of nitriles is 1. The molecule has 0 saturated carbocycles. The minimum absolute atomic E-state index is 0.488. The lowest BCUT2D eigenvalue weighted by Gasteiger charge is -2.11. The Labute approximate surface area is 150 Å². The molecule has 0 radical (unpaired) electrons. The molecule has 6 nitrogen and oxygen atoms in total. The van der Waals surface area contributed by atoms with Crippen molar-refractivity contribution in [3.63, 3.8) is 0 Å². The monoisotopic (exact) mass is 341 g/mol. The first-order valence-electron chi connectivity index (χ1n) is 8.08. The number of pyridine rings is 1. The van der Waals surface area contributed by atoms with Gasteiger partial charge in [0.15, 0.2) is 5.82 Å². The highest BCUT2D eigenvalue weighted by Crippen LogP contribution is 2.31. The van der Waals surface area contributed by atoms with Gasteiger partial charge in [-0.2, -0.15) is 15.3 Å². The molecule has 0 aliphatic carbocycles. The molecule has 0 amide bonds. The molecular weight excluding hydrogens is 326 g/mol. The molecule has 4 rings (SSSR count). The summed E-state index contributed by atoms with van der Waals surface area (Å²) in [5, 5.41) is 21.1. The molecule has 2 heterocycles. The van der Waals surface area contributed by atoms with Gasteiger partial charge in [0, 0.05) is 17.1 Å². The molecule has 0 aliphatic rings. The van der Waals surface area contributed by atoms with Crippen LogP contribution < -0.4 is 10.1 Å². The Morgan fingerprint density at radius 3 is 2.58 bits per heavy atom. The molecule has 0 spiro atoms. The van der Waals surface area contributed by atoms with E-state index in [9.17, 15) is 0 Å². The summed E-state index contributed by atoms with van der Waals surface area (Å²) in [6.07, 6.45) is 0. The number of nitrogens with one attached hydrogen (secondary N) is 2. The van der Waals surface area contributed by atoms with Gasteiger partial charge in [0.25, 0.3) is 0 Å². The first-order valence-corrected chi connectivity index (χ1v) is 8.08. The zero-order chi connectivity index (χ0) is 17.9. The van der Waals surface area contributed by atoms with Gasteiger partial charge >= 0.3 is 0 Å². The van der Waals surface area contributed by atoms with Crippen LogP contribution in [0.4, 0.5) is 11.6 Å². The van der Waals surface area contributed by atoms with Crippen molar-refractivity contribution in [3.05, 3.63) is 71.9 Å². The van der Waals surface area contributed by atoms with Crippen LogP contribution in [0.15, 0.2) is 60.7 Å². The summed E-state index contributed by atoms with van der Waals surface area (Å²) in [7, 11) is 0. The largest absolute Gasteiger partial charge is 0.438 e. The molecule has 126 valence electrons. The number of hydrogen-bond acceptors (Lipinski definition) is 5. The summed E-state index contributed by atoms with van der Waals surface area (Å²) in [4.78, 5) is 4.59. The summed E-state index contributed by atoms with van der Waals surface area (Å²) in [6, 6.07) is 20.8. The van der Waals surface area contributed by atoms with Crippen LogP contribution in [0.2, 0.25) is 0 Å². The van der Waals surface area contributed by atoms with Crippen molar-refractivity contribution >= 4 is 22.4 Å². The third-order valence-electron chi connectivity index (χ3n) is 3.87. The number of nitrogens with zero attached hydrogens (tertiary/aromatic N) is 3. The van der Waals surface area contributed by atoms with Crippen molar-refractivity contribution in [2.24, 2.45) is 0 Å². The standard InChI is InChI=1S/C20H15N5O/c1-13-10-19(25-24-13)22-18-11-15-4-2-3-5-17(15)20(23-18)26-16-8-6-14(12-21)7-9-16/h2-11H,1H3,(H2,22,23,24,25). The van der Waals surface area contributed by atoms with Crippen LogP contribution in [0.5, 0.6) is 11.6 Å². The Balaban J connectivity index is 1.72. The van der Waals surface area contributed by atoms with E-state index in [1.807, 2.05) is 43.3 Å². The van der Waals surface area contributed by atoms with Gasteiger partial charge in [-0.25, -0.2) is 0 Å². The smallest absolute Gasteiger partial charge is 0.229 e. The highest BCUT2D eigenvalue weighted by molar-refractivity contribution is 5.89. The van der Waals surface area contributed by atoms with Crippen LogP contribution >= 0.6 is 0 Å². The predicted octanol–water partition coefficient (Wildman–Crippen LogP) is 4.67. The minimum atomic E-state index is 0.488. The Morgan fingerprint density at radius 1 is 1.04 bits per heavy atom. The summed E-state index contributed by atoms with van der Waals surface area (Å²) < 4.78 is 5.99. The number of aryl methyl sites for hydroxylation is 1. The lowest BCUT2D eigenvalue weighted by Crippen LogP contribution is -1.97. The summed E-state index contributed by atoms with van der Waals surface area (Å²) in [5.74, 6) is 2.44. The lowest BCUT2D eigenvalue weighted by atomic mass is 10.1. The van der Waals surface area contributed by atoms with Crippen LogP contribution in [0.3, 0.4) is 0 Å². The third-order valence-corrected chi connectivity index (χ3v) is 3.87. The molecule has 0 fully saturated rings. The van der Waals surface area contributed by atoms with E-state index in [2.05, 4.69) is 26.6 Å². The molecule has 6 heteroatoms. The van der Waals surface area contributed by atoms with Crippen LogP contribution in [0, 0.1) is 18.3 Å². The fourth-order valence-corrected chi connectivity index (χ4v) is 2.63. The van der Waals surface area contributed by atoms with Crippen molar-refractivity contribution in [3.8, 4) is 17.7 Å². The van der Waals surface area contributed by atoms with Crippen LogP contribution in [-0.2, 0) is 0 Å². The van der Waals surface area contributed by atoms with E-state index in [-0.39, 0.29) is 0 Å². The van der Waals surface area contributed by atoms with Crippen molar-refractivity contribution in [2.75, 3.05) is 5.32 Å². The Kier molecular flexibility index (Phi) is 3.96. The number of aromatic amines is 1. The van der Waals surface area contributed by atoms with Gasteiger partial charge in [-0.15, -0.1) is 0 Å². The van der Waals surface area contributed by atoms with E-state index in [4.69, 9.17) is 10.00 Å². The molecule has 2 aromatic carbocycles. The maximum absolute atomic E-state index is 8.92. The highest BCUT2D eigenvalue weighted by atomic mass is 16.5. The number of aromatic nitrogens is 3. The predicted molar refractivity (Wildman–Crippen MR) is 99.6 cm³/mol. The molecule has 2 N–H and O–H groups in total. The van der Waals surface area contributed by atoms with Gasteiger partial charge in [-0.3, -0.25) is 5.10 Å². The number of anilines is 2. The summed E-state index contributed by atoms with van der Waals surface area (Å²) >= 11 is 0. The maximum Gasteiger partial charge on any atom is 0.229 e. The normalized spacial score (nSPS) is 10.5. The molecular formula is C20H15N5O. The maximum atomic E-state index is 8.92. The van der Waals surface area contributed by atoms with Gasteiger partial charge in [0.05, 0.1) is 11.6 Å². The number of benzene rings is 2. The van der Waals surface area contributed by atoms with Crippen molar-refractivity contribution < 1.29 is 4.74 Å². The lowest BCUT2D eigenvalue weighted by molar-refractivity contribution is 0.470. The second-order valence-electron chi connectivity index (χ2n) is 5.83. The van der Waals surface area contributed by atoms with Crippen molar-refractivity contribution in [1.29, 1.82) is 5.26 Å². The topological polar surface area (TPSA) is 86.6 Å². The van der Waals surface area contributed by atoms with E-state index in [0.717, 1.165) is 16.5 Å². The quantitative estimate of drug-likeness (QED) is 0.563. The first-order chi connectivity index (χ1) is 12.7. The molecule has 0 atom stereocenters. The molecule has 0 aliphatic heterocycles. The summed E-state index contributed by atoms with van der Waals surface area (Å²) in [5.41, 5.74) is 1.54. The van der Waals surface area contributed by atoms with E-state index in [1.165, 1.54) is 0 Å². The van der Waals surface area contributed by atoms with Crippen LogP contribution in [0.1, 0.15) is 11.3 Å². The number of H-pyrrole nitrogens is 1. The molecule has 0 saturated heterocycles. The molecule has 0 bridgehead atoms. The number of fused-ring (bicyclic) bond motifs is 1. The zero-order valence-electron chi connectivity index (χ0n) is 14.0. The van der Waals surface area contributed by atoms with Gasteiger partial charge < -0.3 is 10.1 Å². The average Bonchev–Trinajstić information content (AvgIpc) is 3.07. The van der Waals surface area contributed by atoms with E-state index in [0.29, 0.717) is 28.8 Å². The van der Waals surface area contributed by atoms with Gasteiger partial charge in [0.1, 0.15) is 11.6 Å². The van der Waals surface area contributed by atoms with E-state index in [1.54, 1.807) is 24.3 Å². The average molecular weight is 341 g/mol. The number of rotatable bonds is 4. The highest BCUT2D eigenvalue weighted by Gasteiger charge is 2.10. The second kappa shape index (κ2) is 6.57. The van der Waals surface area contributed by atoms with Crippen molar-refractivity contribution in [2.45, 2.75) is 6.92 Å². The molecule has 26 heavy (non-hydrogen) atoms. The van der Waals surface area contributed by atoms with Crippen molar-refractivity contribution in [1.82, 2.24) is 15.2 Å². The molecule has 2 aromatic heterocycles. The second-order valence-corrected chi connectivity index (χ2v) is 5.83. The van der Waals surface area contributed by atoms with Gasteiger partial charge in [-0.1, -0.05) is 18.2 Å². The number of ether oxygens (including phenoxy) is 1. The first kappa shape index (κ1) is 15.7. The fraction of sp³-hybridized carbons (Fsp3) is 0.0500. The van der Waals surface area contributed by atoms with Gasteiger partial charge in [-0.05, 0) is 48.7 Å². The Morgan fingerprint density at radius 2 is 1.85 bits per heavy atom. The van der Waals surface area contributed by atoms with E-state index < -0.39 is 0 Å². The summed E-state index contributed by atoms with van der Waals surface area (Å²) in [6.45, 7) is 1.94. The fourth-order valence-electron chi connectivity index (χ4n) is 2.63. The Bertz CT molecular complexity index is 1110. The zero-order valence-corrected chi connectivity index (χ0v) is 14.0. The minimum Gasteiger partial charge on any atom is -0.438 e. The Hall–Kier alpha value is -3.85. The van der Waals surface area contributed by atoms with Crippen LogP contribution in [0.25, 0.3) is 10.8 Å². The van der Waals surface area contributed by atoms with Gasteiger partial charge in [0.2, 0.25) is 5.88 Å².